The Labute approximate surface area is 115 Å². The molecule has 1 N–H and O–H groups in total. The second-order valence-electron chi connectivity index (χ2n) is 4.64. The lowest BCUT2D eigenvalue weighted by Crippen LogP contribution is -2.24. The molecular weight excluding hydrogens is 242 g/mol. The molecule has 0 saturated heterocycles. The van der Waals surface area contributed by atoms with Gasteiger partial charge in [0.15, 0.2) is 11.5 Å². The van der Waals surface area contributed by atoms with E-state index in [1.54, 1.807) is 25.3 Å². The van der Waals surface area contributed by atoms with Crippen LogP contribution in [0.5, 0.6) is 11.5 Å². The van der Waals surface area contributed by atoms with E-state index < -0.39 is 0 Å². The monoisotopic (exact) mass is 265 g/mol. The van der Waals surface area contributed by atoms with Gasteiger partial charge in [0.05, 0.1) is 13.2 Å². The van der Waals surface area contributed by atoms with Gasteiger partial charge in [0.1, 0.15) is 0 Å². The Balaban J connectivity index is 2.78. The molecular formula is C15H23NO3. The highest BCUT2D eigenvalue weighted by atomic mass is 16.5. The average Bonchev–Trinajstić information content (AvgIpc) is 2.38. The fourth-order valence-electron chi connectivity index (χ4n) is 1.64. The summed E-state index contributed by atoms with van der Waals surface area (Å²) in [6, 6.07) is 5.23. The van der Waals surface area contributed by atoms with Gasteiger partial charge in [0.25, 0.3) is 5.91 Å². The molecule has 19 heavy (non-hydrogen) atoms. The Morgan fingerprint density at radius 1 is 1.32 bits per heavy atom. The number of nitrogens with one attached hydrogen (secondary N) is 1. The topological polar surface area (TPSA) is 47.6 Å². The van der Waals surface area contributed by atoms with Gasteiger partial charge in [-0.2, -0.15) is 0 Å². The first-order valence-electron chi connectivity index (χ1n) is 6.71. The number of carbonyl (C=O) groups is 1. The standard InChI is InChI=1S/C15H23NO3/c1-5-6-9-16-15(17)12-7-8-13(19-11(2)3)14(10-12)18-4/h7-8,10-11H,5-6,9H2,1-4H3,(H,16,17). The second-order valence-corrected chi connectivity index (χ2v) is 4.64. The smallest absolute Gasteiger partial charge is 0.251 e. The third kappa shape index (κ3) is 4.81. The van der Waals surface area contributed by atoms with Crippen LogP contribution in [0.2, 0.25) is 0 Å². The van der Waals surface area contributed by atoms with Gasteiger partial charge in [-0.05, 0) is 38.5 Å². The number of rotatable bonds is 7. The van der Waals surface area contributed by atoms with Crippen molar-refractivity contribution >= 4 is 5.91 Å². The van der Waals surface area contributed by atoms with E-state index in [2.05, 4.69) is 12.2 Å². The van der Waals surface area contributed by atoms with Gasteiger partial charge in [-0.15, -0.1) is 0 Å². The minimum absolute atomic E-state index is 0.0677. The van der Waals surface area contributed by atoms with Gasteiger partial charge in [0, 0.05) is 12.1 Å². The fraction of sp³-hybridized carbons (Fsp3) is 0.533. The molecule has 0 fully saturated rings. The molecule has 0 atom stereocenters. The van der Waals surface area contributed by atoms with Crippen molar-refractivity contribution < 1.29 is 14.3 Å². The average molecular weight is 265 g/mol. The normalized spacial score (nSPS) is 10.4. The summed E-state index contributed by atoms with van der Waals surface area (Å²) < 4.78 is 10.9. The Hall–Kier alpha value is -1.71. The van der Waals surface area contributed by atoms with E-state index in [1.807, 2.05) is 13.8 Å². The van der Waals surface area contributed by atoms with Crippen LogP contribution in [0, 0.1) is 0 Å². The van der Waals surface area contributed by atoms with Crippen molar-refractivity contribution in [1.29, 1.82) is 0 Å². The predicted octanol–water partition coefficient (Wildman–Crippen LogP) is 3.01. The highest BCUT2D eigenvalue weighted by Gasteiger charge is 2.11. The van der Waals surface area contributed by atoms with Gasteiger partial charge in [-0.3, -0.25) is 4.79 Å². The molecule has 4 heteroatoms. The molecule has 0 aliphatic rings. The van der Waals surface area contributed by atoms with Gasteiger partial charge in [0.2, 0.25) is 0 Å². The van der Waals surface area contributed by atoms with Crippen molar-refractivity contribution in [2.24, 2.45) is 0 Å². The summed E-state index contributed by atoms with van der Waals surface area (Å²) in [5.41, 5.74) is 0.587. The van der Waals surface area contributed by atoms with Crippen molar-refractivity contribution in [3.05, 3.63) is 23.8 Å². The molecule has 0 saturated carbocycles. The molecule has 0 aliphatic heterocycles. The molecule has 0 bridgehead atoms. The molecule has 0 radical (unpaired) electrons. The zero-order valence-electron chi connectivity index (χ0n) is 12.2. The summed E-state index contributed by atoms with van der Waals surface area (Å²) in [6.07, 6.45) is 2.11. The summed E-state index contributed by atoms with van der Waals surface area (Å²) in [5.74, 6) is 1.15. The largest absolute Gasteiger partial charge is 0.493 e. The van der Waals surface area contributed by atoms with E-state index in [0.717, 1.165) is 12.8 Å². The number of hydrogen-bond donors (Lipinski definition) is 1. The highest BCUT2D eigenvalue weighted by Crippen LogP contribution is 2.28. The van der Waals surface area contributed by atoms with Crippen LogP contribution in [0.4, 0.5) is 0 Å². The molecule has 0 unspecified atom stereocenters. The van der Waals surface area contributed by atoms with E-state index in [0.29, 0.717) is 23.6 Å². The SMILES string of the molecule is CCCCNC(=O)c1ccc(OC(C)C)c(OC)c1. The first kappa shape index (κ1) is 15.3. The maximum Gasteiger partial charge on any atom is 0.251 e. The van der Waals surface area contributed by atoms with Crippen molar-refractivity contribution in [2.45, 2.75) is 39.7 Å². The van der Waals surface area contributed by atoms with E-state index in [-0.39, 0.29) is 12.0 Å². The number of carbonyl (C=O) groups excluding carboxylic acids is 1. The predicted molar refractivity (Wildman–Crippen MR) is 76.0 cm³/mol. The van der Waals surface area contributed by atoms with E-state index in [9.17, 15) is 4.79 Å². The molecule has 1 amide bonds. The lowest BCUT2D eigenvalue weighted by Gasteiger charge is -2.14. The van der Waals surface area contributed by atoms with Crippen LogP contribution < -0.4 is 14.8 Å². The Bertz CT molecular complexity index is 416. The quantitative estimate of drug-likeness (QED) is 0.771. The first-order chi connectivity index (χ1) is 9.08. The van der Waals surface area contributed by atoms with Crippen LogP contribution in [0.1, 0.15) is 44.0 Å². The molecule has 1 rings (SSSR count). The number of unbranched alkanes of at least 4 members (excludes halogenated alkanes) is 1. The van der Waals surface area contributed by atoms with Gasteiger partial charge in [-0.1, -0.05) is 13.3 Å². The van der Waals surface area contributed by atoms with Gasteiger partial charge in [-0.25, -0.2) is 0 Å². The maximum absolute atomic E-state index is 11.9. The molecule has 1 aromatic rings. The lowest BCUT2D eigenvalue weighted by molar-refractivity contribution is 0.0952. The van der Waals surface area contributed by atoms with Gasteiger partial charge < -0.3 is 14.8 Å². The molecule has 106 valence electrons. The zero-order chi connectivity index (χ0) is 14.3. The summed E-state index contributed by atoms with van der Waals surface area (Å²) in [5, 5.41) is 2.88. The van der Waals surface area contributed by atoms with Crippen LogP contribution in [-0.2, 0) is 0 Å². The Morgan fingerprint density at radius 3 is 2.63 bits per heavy atom. The maximum atomic E-state index is 11.9. The van der Waals surface area contributed by atoms with Crippen LogP contribution >= 0.6 is 0 Å². The number of benzene rings is 1. The van der Waals surface area contributed by atoms with Crippen LogP contribution in [0.25, 0.3) is 0 Å². The molecule has 0 aromatic heterocycles. The molecule has 0 aliphatic carbocycles. The number of methoxy groups -OCH3 is 1. The minimum Gasteiger partial charge on any atom is -0.493 e. The van der Waals surface area contributed by atoms with E-state index in [4.69, 9.17) is 9.47 Å². The molecule has 4 nitrogen and oxygen atoms in total. The number of ether oxygens (including phenoxy) is 2. The first-order valence-corrected chi connectivity index (χ1v) is 6.71. The summed E-state index contributed by atoms with van der Waals surface area (Å²) in [4.78, 5) is 11.9. The van der Waals surface area contributed by atoms with Gasteiger partial charge >= 0.3 is 0 Å². The van der Waals surface area contributed by atoms with Crippen molar-refractivity contribution in [1.82, 2.24) is 5.32 Å². The van der Waals surface area contributed by atoms with Crippen LogP contribution in [0.3, 0.4) is 0 Å². The minimum atomic E-state index is -0.0807. The van der Waals surface area contributed by atoms with Crippen molar-refractivity contribution in [2.75, 3.05) is 13.7 Å². The van der Waals surface area contributed by atoms with Crippen molar-refractivity contribution in [3.8, 4) is 11.5 Å². The molecule has 1 aromatic carbocycles. The number of hydrogen-bond acceptors (Lipinski definition) is 3. The summed E-state index contributed by atoms with van der Waals surface area (Å²) >= 11 is 0. The lowest BCUT2D eigenvalue weighted by atomic mass is 10.2. The third-order valence-corrected chi connectivity index (χ3v) is 2.60. The third-order valence-electron chi connectivity index (χ3n) is 2.60. The highest BCUT2D eigenvalue weighted by molar-refractivity contribution is 5.94. The molecule has 0 heterocycles. The van der Waals surface area contributed by atoms with Crippen molar-refractivity contribution in [3.63, 3.8) is 0 Å². The zero-order valence-corrected chi connectivity index (χ0v) is 12.2. The second kappa shape index (κ2) is 7.67. The fourth-order valence-corrected chi connectivity index (χ4v) is 1.64. The van der Waals surface area contributed by atoms with E-state index in [1.165, 1.54) is 0 Å². The Morgan fingerprint density at radius 2 is 2.05 bits per heavy atom. The Kier molecular flexibility index (Phi) is 6.19. The summed E-state index contributed by atoms with van der Waals surface area (Å²) in [6.45, 7) is 6.69. The number of amides is 1. The van der Waals surface area contributed by atoms with Crippen LogP contribution in [-0.4, -0.2) is 25.7 Å². The summed E-state index contributed by atoms with van der Waals surface area (Å²) in [7, 11) is 1.57. The van der Waals surface area contributed by atoms with E-state index >= 15 is 0 Å². The van der Waals surface area contributed by atoms with Crippen LogP contribution in [0.15, 0.2) is 18.2 Å². The molecule has 0 spiro atoms.